The molecule has 1 aliphatic rings. The molecule has 3 heterocycles. The van der Waals surface area contributed by atoms with Gasteiger partial charge >= 0.3 is 5.97 Å². The van der Waals surface area contributed by atoms with Crippen LogP contribution in [0.1, 0.15) is 24.6 Å². The van der Waals surface area contributed by atoms with Crippen molar-refractivity contribution in [1.82, 2.24) is 10.3 Å². The number of nitriles is 1. The highest BCUT2D eigenvalue weighted by atomic mass is 32.2. The second-order valence-electron chi connectivity index (χ2n) is 6.26. The molecule has 0 aromatic carbocycles. The number of dihydropyridines is 1. The van der Waals surface area contributed by atoms with Gasteiger partial charge in [-0.2, -0.15) is 5.26 Å². The van der Waals surface area contributed by atoms with Crippen LogP contribution in [0.2, 0.25) is 0 Å². The van der Waals surface area contributed by atoms with Crippen LogP contribution in [0.4, 0.5) is 5.69 Å². The summed E-state index contributed by atoms with van der Waals surface area (Å²) in [6.07, 6.45) is 3.19. The van der Waals surface area contributed by atoms with Gasteiger partial charge in [0.05, 0.1) is 40.5 Å². The molecular formula is C21H20N4O3S2. The van der Waals surface area contributed by atoms with E-state index in [1.54, 1.807) is 38.4 Å². The Hall–Kier alpha value is -3.09. The normalized spacial score (nSPS) is 16.0. The monoisotopic (exact) mass is 440 g/mol. The molecule has 9 heteroatoms. The molecule has 30 heavy (non-hydrogen) atoms. The van der Waals surface area contributed by atoms with Crippen molar-refractivity contribution in [2.75, 3.05) is 17.7 Å². The van der Waals surface area contributed by atoms with Gasteiger partial charge in [-0.1, -0.05) is 17.8 Å². The van der Waals surface area contributed by atoms with Crippen LogP contribution >= 0.6 is 23.1 Å². The lowest BCUT2D eigenvalue weighted by Gasteiger charge is -2.28. The minimum absolute atomic E-state index is 0.106. The van der Waals surface area contributed by atoms with Crippen LogP contribution in [0.25, 0.3) is 0 Å². The maximum atomic E-state index is 12.6. The van der Waals surface area contributed by atoms with E-state index in [0.29, 0.717) is 27.6 Å². The summed E-state index contributed by atoms with van der Waals surface area (Å²) in [5, 5.41) is 18.3. The van der Waals surface area contributed by atoms with E-state index in [2.05, 4.69) is 21.7 Å². The smallest absolute Gasteiger partial charge is 0.336 e. The number of thioether (sulfide) groups is 1. The molecule has 0 aliphatic carbocycles. The van der Waals surface area contributed by atoms with Gasteiger partial charge in [-0.15, -0.1) is 11.3 Å². The molecular weight excluding hydrogens is 420 g/mol. The fourth-order valence-electron chi connectivity index (χ4n) is 3.02. The van der Waals surface area contributed by atoms with Gasteiger partial charge in [0.25, 0.3) is 0 Å². The number of carbonyl (C=O) groups excluding carboxylic acids is 2. The molecule has 1 unspecified atom stereocenters. The van der Waals surface area contributed by atoms with Crippen molar-refractivity contribution in [2.24, 2.45) is 0 Å². The van der Waals surface area contributed by atoms with Gasteiger partial charge in [0.2, 0.25) is 5.91 Å². The van der Waals surface area contributed by atoms with Crippen LogP contribution in [0.5, 0.6) is 0 Å². The van der Waals surface area contributed by atoms with Gasteiger partial charge in [0, 0.05) is 28.7 Å². The summed E-state index contributed by atoms with van der Waals surface area (Å²) >= 11 is 2.69. The molecule has 7 nitrogen and oxygen atoms in total. The van der Waals surface area contributed by atoms with E-state index in [-0.39, 0.29) is 18.3 Å². The van der Waals surface area contributed by atoms with E-state index < -0.39 is 11.9 Å². The molecule has 154 valence electrons. The Morgan fingerprint density at radius 2 is 2.13 bits per heavy atom. The molecule has 3 rings (SSSR count). The first-order valence-corrected chi connectivity index (χ1v) is 11.1. The van der Waals surface area contributed by atoms with E-state index in [4.69, 9.17) is 4.74 Å². The Labute approximate surface area is 182 Å². The summed E-state index contributed by atoms with van der Waals surface area (Å²) in [6, 6.07) is 9.41. The van der Waals surface area contributed by atoms with Gasteiger partial charge in [-0.05, 0) is 37.4 Å². The summed E-state index contributed by atoms with van der Waals surface area (Å²) in [5.74, 6) is -1.08. The van der Waals surface area contributed by atoms with E-state index in [9.17, 15) is 14.9 Å². The van der Waals surface area contributed by atoms with Crippen LogP contribution in [0.15, 0.2) is 63.9 Å². The fraction of sp³-hybridized carbons (Fsp3) is 0.238. The number of nitrogens with one attached hydrogen (secondary N) is 2. The number of ether oxygens (including phenoxy) is 1. The van der Waals surface area contributed by atoms with Crippen LogP contribution in [-0.4, -0.2) is 29.2 Å². The molecule has 2 N–H and O–H groups in total. The first kappa shape index (κ1) is 21.6. The van der Waals surface area contributed by atoms with Crippen molar-refractivity contribution in [3.63, 3.8) is 0 Å². The van der Waals surface area contributed by atoms with Crippen LogP contribution in [-0.2, 0) is 14.3 Å². The number of pyridine rings is 1. The van der Waals surface area contributed by atoms with Gasteiger partial charge in [-0.3, -0.25) is 9.78 Å². The largest absolute Gasteiger partial charge is 0.463 e. The molecule has 2 aromatic heterocycles. The number of hydrogen-bond donors (Lipinski definition) is 2. The molecule has 0 spiro atoms. The SMILES string of the molecule is CCOC(=O)C1=C(C)NC(SCC(=O)Nc2ccncc2)=C(C#N)C1c1cccs1. The number of hydrogen-bond acceptors (Lipinski definition) is 8. The van der Waals surface area contributed by atoms with Gasteiger partial charge in [0.1, 0.15) is 0 Å². The van der Waals surface area contributed by atoms with Crippen molar-refractivity contribution >= 4 is 40.7 Å². The zero-order chi connectivity index (χ0) is 21.5. The van der Waals surface area contributed by atoms with Gasteiger partial charge in [0.15, 0.2) is 0 Å². The number of nitrogens with zero attached hydrogens (tertiary/aromatic N) is 2. The summed E-state index contributed by atoms with van der Waals surface area (Å²) in [5.41, 5.74) is 2.08. The average molecular weight is 441 g/mol. The Balaban J connectivity index is 1.85. The van der Waals surface area contributed by atoms with E-state index >= 15 is 0 Å². The predicted octanol–water partition coefficient (Wildman–Crippen LogP) is 3.77. The summed E-state index contributed by atoms with van der Waals surface area (Å²) in [7, 11) is 0. The molecule has 0 bridgehead atoms. The number of carbonyl (C=O) groups is 2. The number of allylic oxidation sites excluding steroid dienone is 2. The van der Waals surface area contributed by atoms with E-state index in [0.717, 1.165) is 4.88 Å². The maximum absolute atomic E-state index is 12.6. The maximum Gasteiger partial charge on any atom is 0.336 e. The third-order valence-corrected chi connectivity index (χ3v) is 6.24. The molecule has 0 saturated heterocycles. The highest BCUT2D eigenvalue weighted by molar-refractivity contribution is 8.03. The van der Waals surface area contributed by atoms with E-state index in [1.807, 2.05) is 17.5 Å². The Morgan fingerprint density at radius 3 is 2.77 bits per heavy atom. The van der Waals surface area contributed by atoms with Gasteiger partial charge < -0.3 is 15.4 Å². The number of thiophene rings is 1. The van der Waals surface area contributed by atoms with Crippen LogP contribution in [0.3, 0.4) is 0 Å². The number of anilines is 1. The lowest BCUT2D eigenvalue weighted by Crippen LogP contribution is -2.29. The highest BCUT2D eigenvalue weighted by Gasteiger charge is 2.36. The van der Waals surface area contributed by atoms with Crippen LogP contribution in [0, 0.1) is 11.3 Å². The quantitative estimate of drug-likeness (QED) is 0.632. The van der Waals surface area contributed by atoms with Crippen molar-refractivity contribution in [3.05, 3.63) is 68.8 Å². The Kier molecular flexibility index (Phi) is 7.27. The lowest BCUT2D eigenvalue weighted by atomic mass is 9.87. The minimum Gasteiger partial charge on any atom is -0.463 e. The zero-order valence-electron chi connectivity index (χ0n) is 16.5. The second-order valence-corrected chi connectivity index (χ2v) is 8.22. The molecule has 1 aliphatic heterocycles. The molecule has 0 fully saturated rings. The summed E-state index contributed by atoms with van der Waals surface area (Å²) < 4.78 is 5.23. The Bertz CT molecular complexity index is 1020. The number of rotatable bonds is 7. The minimum atomic E-state index is -0.527. The standard InChI is InChI=1S/C21H20N4O3S2/c1-3-28-21(27)18-13(2)24-20(15(11-22)19(18)16-5-4-10-29-16)30-12-17(26)25-14-6-8-23-9-7-14/h4-10,19,24H,3,12H2,1-2H3,(H,23,25,26). The first-order valence-electron chi connectivity index (χ1n) is 9.20. The number of amides is 1. The van der Waals surface area contributed by atoms with E-state index in [1.165, 1.54) is 23.1 Å². The van der Waals surface area contributed by atoms with Crippen molar-refractivity contribution in [1.29, 1.82) is 5.26 Å². The van der Waals surface area contributed by atoms with Crippen molar-refractivity contribution in [3.8, 4) is 6.07 Å². The molecule has 2 aromatic rings. The average Bonchev–Trinajstić information content (AvgIpc) is 3.27. The third kappa shape index (κ3) is 4.90. The molecule has 1 atom stereocenters. The third-order valence-electron chi connectivity index (χ3n) is 4.28. The first-order chi connectivity index (χ1) is 14.5. The number of aromatic nitrogens is 1. The highest BCUT2D eigenvalue weighted by Crippen LogP contribution is 2.42. The molecule has 1 amide bonds. The Morgan fingerprint density at radius 1 is 1.37 bits per heavy atom. The fourth-order valence-corrected chi connectivity index (χ4v) is 4.75. The zero-order valence-corrected chi connectivity index (χ0v) is 18.1. The molecule has 0 saturated carbocycles. The van der Waals surface area contributed by atoms with Gasteiger partial charge in [-0.25, -0.2) is 4.79 Å². The lowest BCUT2D eigenvalue weighted by molar-refractivity contribution is -0.138. The predicted molar refractivity (Wildman–Crippen MR) is 117 cm³/mol. The molecule has 0 radical (unpaired) electrons. The van der Waals surface area contributed by atoms with Crippen LogP contribution < -0.4 is 10.6 Å². The van der Waals surface area contributed by atoms with Crippen molar-refractivity contribution in [2.45, 2.75) is 19.8 Å². The topological polar surface area (TPSA) is 104 Å². The summed E-state index contributed by atoms with van der Waals surface area (Å²) in [6.45, 7) is 3.77. The van der Waals surface area contributed by atoms with Crippen molar-refractivity contribution < 1.29 is 14.3 Å². The number of esters is 1. The second kappa shape index (κ2) is 10.1. The summed E-state index contributed by atoms with van der Waals surface area (Å²) in [4.78, 5) is 29.7.